The van der Waals surface area contributed by atoms with Crippen molar-refractivity contribution in [2.24, 2.45) is 5.73 Å². The number of carbonyl (C=O) groups excluding carboxylic acids is 1. The van der Waals surface area contributed by atoms with Crippen molar-refractivity contribution < 1.29 is 14.7 Å². The molecule has 5 heteroatoms. The molecule has 0 saturated heterocycles. The van der Waals surface area contributed by atoms with Gasteiger partial charge in [0.25, 0.3) is 0 Å². The molecule has 3 aromatic rings. The largest absolute Gasteiger partial charge is 0.478 e. The molecule has 0 aliphatic heterocycles. The van der Waals surface area contributed by atoms with E-state index in [1.54, 1.807) is 48.8 Å². The van der Waals surface area contributed by atoms with Crippen molar-refractivity contribution >= 4 is 22.6 Å². The number of amides is 1. The lowest BCUT2D eigenvalue weighted by atomic mass is 9.90. The molecule has 23 heavy (non-hydrogen) atoms. The molecule has 1 heterocycles. The Bertz CT molecular complexity index is 891. The summed E-state index contributed by atoms with van der Waals surface area (Å²) >= 11 is 0. The van der Waals surface area contributed by atoms with Crippen LogP contribution in [0.5, 0.6) is 0 Å². The lowest BCUT2D eigenvalue weighted by Gasteiger charge is -2.14. The van der Waals surface area contributed by atoms with Gasteiger partial charge in [0.15, 0.2) is 0 Å². The van der Waals surface area contributed by atoms with Crippen molar-refractivity contribution in [2.45, 2.75) is 5.92 Å². The molecule has 1 unspecified atom stereocenters. The van der Waals surface area contributed by atoms with Gasteiger partial charge < -0.3 is 10.8 Å². The highest BCUT2D eigenvalue weighted by molar-refractivity contribution is 5.95. The first-order valence-corrected chi connectivity index (χ1v) is 7.02. The van der Waals surface area contributed by atoms with E-state index in [2.05, 4.69) is 4.98 Å². The van der Waals surface area contributed by atoms with Gasteiger partial charge in [-0.25, -0.2) is 4.79 Å². The van der Waals surface area contributed by atoms with Gasteiger partial charge in [0.05, 0.1) is 11.5 Å². The number of benzene rings is 2. The van der Waals surface area contributed by atoms with Gasteiger partial charge in [0, 0.05) is 12.4 Å². The molecule has 0 fully saturated rings. The molecule has 0 bridgehead atoms. The number of pyridine rings is 1. The minimum atomic E-state index is -0.971. The number of hydrogen-bond acceptors (Lipinski definition) is 3. The Kier molecular flexibility index (Phi) is 3.76. The molecule has 114 valence electrons. The smallest absolute Gasteiger partial charge is 0.335 e. The normalized spacial score (nSPS) is 12.0. The highest BCUT2D eigenvalue weighted by atomic mass is 16.4. The molecule has 0 aliphatic rings. The maximum atomic E-state index is 11.9. The number of nitrogens with zero attached hydrogens (tertiary/aromatic N) is 1. The summed E-state index contributed by atoms with van der Waals surface area (Å²) in [6, 6.07) is 13.9. The zero-order chi connectivity index (χ0) is 16.4. The molecule has 1 aromatic heterocycles. The van der Waals surface area contributed by atoms with Crippen LogP contribution in [-0.4, -0.2) is 22.0 Å². The molecule has 1 amide bonds. The maximum absolute atomic E-state index is 11.9. The fourth-order valence-corrected chi connectivity index (χ4v) is 2.64. The van der Waals surface area contributed by atoms with Gasteiger partial charge in [0.1, 0.15) is 0 Å². The van der Waals surface area contributed by atoms with Crippen LogP contribution in [0.25, 0.3) is 10.8 Å². The zero-order valence-corrected chi connectivity index (χ0v) is 12.1. The summed E-state index contributed by atoms with van der Waals surface area (Å²) in [4.78, 5) is 27.0. The summed E-state index contributed by atoms with van der Waals surface area (Å²) in [7, 11) is 0. The third-order valence-electron chi connectivity index (χ3n) is 3.75. The van der Waals surface area contributed by atoms with Gasteiger partial charge in [0.2, 0.25) is 5.91 Å². The predicted molar refractivity (Wildman–Crippen MR) is 86.2 cm³/mol. The van der Waals surface area contributed by atoms with Crippen molar-refractivity contribution in [2.75, 3.05) is 0 Å². The standard InChI is InChI=1S/C18H14N2O3/c19-17(21)16(15-2-1-7-20-10-15)13-5-3-12-9-14(18(22)23)6-4-11(12)8-13/h1-10,16H,(H2,19,21)(H,22,23). The van der Waals surface area contributed by atoms with Gasteiger partial charge >= 0.3 is 5.97 Å². The van der Waals surface area contributed by atoms with Crippen molar-refractivity contribution in [3.63, 3.8) is 0 Å². The second-order valence-corrected chi connectivity index (χ2v) is 5.25. The lowest BCUT2D eigenvalue weighted by molar-refractivity contribution is -0.118. The van der Waals surface area contributed by atoms with E-state index < -0.39 is 17.8 Å². The molecule has 0 spiro atoms. The van der Waals surface area contributed by atoms with Crippen molar-refractivity contribution in [3.8, 4) is 0 Å². The Morgan fingerprint density at radius 2 is 1.74 bits per heavy atom. The van der Waals surface area contributed by atoms with Crippen molar-refractivity contribution in [1.29, 1.82) is 0 Å². The first kappa shape index (κ1) is 14.7. The summed E-state index contributed by atoms with van der Waals surface area (Å²) < 4.78 is 0. The second kappa shape index (κ2) is 5.88. The zero-order valence-electron chi connectivity index (χ0n) is 12.1. The SMILES string of the molecule is NC(=O)C(c1cccnc1)c1ccc2cc(C(=O)O)ccc2c1. The third kappa shape index (κ3) is 2.89. The minimum Gasteiger partial charge on any atom is -0.478 e. The molecule has 5 nitrogen and oxygen atoms in total. The van der Waals surface area contributed by atoms with Crippen LogP contribution < -0.4 is 5.73 Å². The predicted octanol–water partition coefficient (Wildman–Crippen LogP) is 2.55. The van der Waals surface area contributed by atoms with E-state index in [9.17, 15) is 9.59 Å². The fourth-order valence-electron chi connectivity index (χ4n) is 2.64. The van der Waals surface area contributed by atoms with E-state index in [0.717, 1.165) is 21.9 Å². The maximum Gasteiger partial charge on any atom is 0.335 e. The lowest BCUT2D eigenvalue weighted by Crippen LogP contribution is -2.22. The number of carboxylic acid groups (broad SMARTS) is 1. The van der Waals surface area contributed by atoms with Gasteiger partial charge in [-0.05, 0) is 40.1 Å². The highest BCUT2D eigenvalue weighted by Gasteiger charge is 2.20. The molecule has 3 rings (SSSR count). The number of fused-ring (bicyclic) bond motifs is 1. The monoisotopic (exact) mass is 306 g/mol. The van der Waals surface area contributed by atoms with Crippen LogP contribution in [0, 0.1) is 0 Å². The van der Waals surface area contributed by atoms with Gasteiger partial charge in [-0.3, -0.25) is 9.78 Å². The average molecular weight is 306 g/mol. The van der Waals surface area contributed by atoms with Crippen LogP contribution in [0.2, 0.25) is 0 Å². The molecular weight excluding hydrogens is 292 g/mol. The first-order valence-electron chi connectivity index (χ1n) is 7.02. The second-order valence-electron chi connectivity index (χ2n) is 5.25. The number of rotatable bonds is 4. The van der Waals surface area contributed by atoms with E-state index in [-0.39, 0.29) is 5.56 Å². The Morgan fingerprint density at radius 1 is 1.00 bits per heavy atom. The number of carbonyl (C=O) groups is 2. The van der Waals surface area contributed by atoms with Crippen LogP contribution in [0.1, 0.15) is 27.4 Å². The van der Waals surface area contributed by atoms with Gasteiger partial charge in [-0.15, -0.1) is 0 Å². The number of hydrogen-bond donors (Lipinski definition) is 2. The van der Waals surface area contributed by atoms with Crippen molar-refractivity contribution in [1.82, 2.24) is 4.98 Å². The summed E-state index contributed by atoms with van der Waals surface area (Å²) in [6.07, 6.45) is 3.25. The fraction of sp³-hybridized carbons (Fsp3) is 0.0556. The molecule has 0 radical (unpaired) electrons. The van der Waals surface area contributed by atoms with E-state index in [0.29, 0.717) is 0 Å². The molecule has 0 aliphatic carbocycles. The van der Waals surface area contributed by atoms with E-state index in [1.807, 2.05) is 6.07 Å². The molecule has 0 saturated carbocycles. The van der Waals surface area contributed by atoms with Crippen LogP contribution in [0.4, 0.5) is 0 Å². The van der Waals surface area contributed by atoms with Crippen LogP contribution in [0.3, 0.4) is 0 Å². The molecular formula is C18H14N2O3. The molecule has 2 aromatic carbocycles. The number of nitrogens with two attached hydrogens (primary N) is 1. The number of carboxylic acids is 1. The van der Waals surface area contributed by atoms with Crippen molar-refractivity contribution in [3.05, 3.63) is 77.6 Å². The quantitative estimate of drug-likeness (QED) is 0.774. The Balaban J connectivity index is 2.09. The van der Waals surface area contributed by atoms with Crippen LogP contribution in [0.15, 0.2) is 60.9 Å². The number of aromatic carboxylic acids is 1. The van der Waals surface area contributed by atoms with Gasteiger partial charge in [-0.2, -0.15) is 0 Å². The summed E-state index contributed by atoms with van der Waals surface area (Å²) in [5.41, 5.74) is 7.26. The summed E-state index contributed by atoms with van der Waals surface area (Å²) in [6.45, 7) is 0. The Labute approximate surface area is 132 Å². The van der Waals surface area contributed by atoms with Crippen LogP contribution >= 0.6 is 0 Å². The first-order chi connectivity index (χ1) is 11.1. The van der Waals surface area contributed by atoms with E-state index in [4.69, 9.17) is 10.8 Å². The van der Waals surface area contributed by atoms with Gasteiger partial charge in [-0.1, -0.05) is 30.3 Å². The van der Waals surface area contributed by atoms with Crippen LogP contribution in [-0.2, 0) is 4.79 Å². The number of primary amides is 1. The summed E-state index contributed by atoms with van der Waals surface area (Å²) in [5, 5.41) is 10.7. The summed E-state index contributed by atoms with van der Waals surface area (Å²) in [5.74, 6) is -2.02. The Hall–Kier alpha value is -3.21. The topological polar surface area (TPSA) is 93.3 Å². The Morgan fingerprint density at radius 3 is 2.39 bits per heavy atom. The minimum absolute atomic E-state index is 0.226. The average Bonchev–Trinajstić information content (AvgIpc) is 2.55. The molecule has 3 N–H and O–H groups in total. The third-order valence-corrected chi connectivity index (χ3v) is 3.75. The van der Waals surface area contributed by atoms with E-state index in [1.165, 1.54) is 6.07 Å². The van der Waals surface area contributed by atoms with E-state index >= 15 is 0 Å². The number of aromatic nitrogens is 1. The highest BCUT2D eigenvalue weighted by Crippen LogP contribution is 2.27. The molecule has 1 atom stereocenters.